The summed E-state index contributed by atoms with van der Waals surface area (Å²) in [5.41, 5.74) is 2.26. The number of aromatic nitrogens is 2. The number of phenolic OH excluding ortho intramolecular Hbond substituents is 1. The van der Waals surface area contributed by atoms with Crippen LogP contribution in [-0.2, 0) is 10.0 Å². The third-order valence-electron chi connectivity index (χ3n) is 2.94. The molecule has 0 atom stereocenters. The van der Waals surface area contributed by atoms with Crippen molar-refractivity contribution in [3.8, 4) is 17.0 Å². The van der Waals surface area contributed by atoms with Gasteiger partial charge in [0.1, 0.15) is 11.4 Å². The predicted molar refractivity (Wildman–Crippen MR) is 80.8 cm³/mol. The minimum Gasteiger partial charge on any atom is -0.508 e. The molecule has 0 spiro atoms. The van der Waals surface area contributed by atoms with Crippen LogP contribution >= 0.6 is 0 Å². The van der Waals surface area contributed by atoms with Gasteiger partial charge in [-0.1, -0.05) is 6.07 Å². The van der Waals surface area contributed by atoms with Gasteiger partial charge in [-0.2, -0.15) is 0 Å². The summed E-state index contributed by atoms with van der Waals surface area (Å²) in [4.78, 5) is 4.45. The van der Waals surface area contributed by atoms with Gasteiger partial charge in [0.15, 0.2) is 0 Å². The van der Waals surface area contributed by atoms with Gasteiger partial charge in [-0.25, -0.2) is 13.4 Å². The normalized spacial score (nSPS) is 11.7. The number of rotatable bonds is 3. The van der Waals surface area contributed by atoms with Gasteiger partial charge in [0.05, 0.1) is 17.6 Å². The largest absolute Gasteiger partial charge is 0.508 e. The van der Waals surface area contributed by atoms with Crippen LogP contribution in [0.4, 0.5) is 5.69 Å². The fourth-order valence-corrected chi connectivity index (χ4v) is 2.67. The number of hydrogen-bond donors (Lipinski definition) is 2. The molecule has 6 nitrogen and oxygen atoms in total. The molecule has 0 radical (unpaired) electrons. The van der Waals surface area contributed by atoms with Gasteiger partial charge in [-0.3, -0.25) is 4.72 Å². The third kappa shape index (κ3) is 2.82. The van der Waals surface area contributed by atoms with Crippen LogP contribution in [0.1, 0.15) is 0 Å². The fraction of sp³-hybridized carbons (Fsp3) is 0.0714. The molecule has 108 valence electrons. The van der Waals surface area contributed by atoms with Crippen molar-refractivity contribution >= 4 is 21.4 Å². The van der Waals surface area contributed by atoms with E-state index in [1.165, 1.54) is 12.1 Å². The maximum atomic E-state index is 11.4. The smallest absolute Gasteiger partial charge is 0.229 e. The van der Waals surface area contributed by atoms with Crippen LogP contribution in [0, 0.1) is 0 Å². The predicted octanol–water partition coefficient (Wildman–Crippen LogP) is 2.08. The molecule has 0 bridgehead atoms. The molecule has 0 saturated heterocycles. The number of imidazole rings is 1. The maximum Gasteiger partial charge on any atom is 0.229 e. The number of sulfonamides is 1. The lowest BCUT2D eigenvalue weighted by Crippen LogP contribution is -2.10. The van der Waals surface area contributed by atoms with Crippen molar-refractivity contribution in [2.45, 2.75) is 0 Å². The van der Waals surface area contributed by atoms with E-state index in [4.69, 9.17) is 0 Å². The Hall–Kier alpha value is -2.54. The van der Waals surface area contributed by atoms with Crippen LogP contribution in [0.15, 0.2) is 48.8 Å². The van der Waals surface area contributed by atoms with Gasteiger partial charge in [-0.05, 0) is 24.3 Å². The Kier molecular flexibility index (Phi) is 3.06. The number of hydrogen-bond acceptors (Lipinski definition) is 4. The highest BCUT2D eigenvalue weighted by Crippen LogP contribution is 2.31. The van der Waals surface area contributed by atoms with Crippen molar-refractivity contribution < 1.29 is 13.5 Å². The summed E-state index contributed by atoms with van der Waals surface area (Å²) in [6.45, 7) is 0. The van der Waals surface area contributed by atoms with E-state index < -0.39 is 10.0 Å². The molecule has 0 saturated carbocycles. The monoisotopic (exact) mass is 303 g/mol. The van der Waals surface area contributed by atoms with Gasteiger partial charge in [-0.15, -0.1) is 0 Å². The lowest BCUT2D eigenvalue weighted by molar-refractivity contribution is 0.475. The van der Waals surface area contributed by atoms with Crippen LogP contribution in [0.25, 0.3) is 16.9 Å². The van der Waals surface area contributed by atoms with Crippen molar-refractivity contribution in [1.29, 1.82) is 0 Å². The first-order valence-electron chi connectivity index (χ1n) is 6.17. The summed E-state index contributed by atoms with van der Waals surface area (Å²) < 4.78 is 27.1. The highest BCUT2D eigenvalue weighted by molar-refractivity contribution is 7.92. The zero-order valence-corrected chi connectivity index (χ0v) is 12.0. The van der Waals surface area contributed by atoms with Crippen molar-refractivity contribution in [2.75, 3.05) is 11.0 Å². The number of nitrogens with zero attached hydrogens (tertiary/aromatic N) is 2. The molecule has 3 rings (SSSR count). The van der Waals surface area contributed by atoms with Crippen molar-refractivity contribution in [2.24, 2.45) is 0 Å². The van der Waals surface area contributed by atoms with E-state index in [1.807, 2.05) is 28.8 Å². The lowest BCUT2D eigenvalue weighted by Gasteiger charge is -2.09. The average Bonchev–Trinajstić information content (AvgIpc) is 2.80. The van der Waals surface area contributed by atoms with Gasteiger partial charge < -0.3 is 9.51 Å². The summed E-state index contributed by atoms with van der Waals surface area (Å²) >= 11 is 0. The summed E-state index contributed by atoms with van der Waals surface area (Å²) in [5, 5.41) is 9.56. The summed E-state index contributed by atoms with van der Waals surface area (Å²) in [7, 11) is -3.45. The minimum absolute atomic E-state index is 0.0198. The SMILES string of the molecule is CS(=O)(=O)Nc1cc(O)ccc1-c1cn2ccccc2n1. The highest BCUT2D eigenvalue weighted by Gasteiger charge is 2.13. The third-order valence-corrected chi connectivity index (χ3v) is 3.53. The topological polar surface area (TPSA) is 83.7 Å². The van der Waals surface area contributed by atoms with Gasteiger partial charge in [0, 0.05) is 24.0 Å². The van der Waals surface area contributed by atoms with E-state index >= 15 is 0 Å². The molecule has 1 aromatic carbocycles. The Morgan fingerprint density at radius 1 is 1.24 bits per heavy atom. The van der Waals surface area contributed by atoms with Crippen molar-refractivity contribution in [1.82, 2.24) is 9.38 Å². The number of nitrogens with one attached hydrogen (secondary N) is 1. The zero-order chi connectivity index (χ0) is 15.0. The number of pyridine rings is 1. The maximum absolute atomic E-state index is 11.4. The highest BCUT2D eigenvalue weighted by atomic mass is 32.2. The van der Waals surface area contributed by atoms with E-state index in [-0.39, 0.29) is 5.75 Å². The first-order valence-corrected chi connectivity index (χ1v) is 8.06. The molecule has 0 aliphatic rings. The molecule has 2 aromatic heterocycles. The first kappa shape index (κ1) is 13.4. The summed E-state index contributed by atoms with van der Waals surface area (Å²) in [6.07, 6.45) is 4.72. The Morgan fingerprint density at radius 2 is 2.05 bits per heavy atom. The molecule has 21 heavy (non-hydrogen) atoms. The van der Waals surface area contributed by atoms with Crippen LogP contribution in [-0.4, -0.2) is 29.2 Å². The van der Waals surface area contributed by atoms with Crippen molar-refractivity contribution in [3.63, 3.8) is 0 Å². The van der Waals surface area contributed by atoms with Crippen LogP contribution in [0.2, 0.25) is 0 Å². The van der Waals surface area contributed by atoms with Crippen molar-refractivity contribution in [3.05, 3.63) is 48.8 Å². The molecule has 0 aliphatic carbocycles. The molecule has 0 unspecified atom stereocenters. The molecular weight excluding hydrogens is 290 g/mol. The standard InChI is InChI=1S/C14H13N3O3S/c1-21(19,20)16-12-8-10(18)5-6-11(12)13-9-17-7-3-2-4-14(17)15-13/h2-9,16,18H,1H3. The number of aromatic hydroxyl groups is 1. The fourth-order valence-electron chi connectivity index (χ4n) is 2.10. The molecule has 2 N–H and O–H groups in total. The first-order chi connectivity index (χ1) is 9.92. The number of fused-ring (bicyclic) bond motifs is 1. The van der Waals surface area contributed by atoms with Crippen LogP contribution < -0.4 is 4.72 Å². The average molecular weight is 303 g/mol. The Balaban J connectivity index is 2.17. The van der Waals surface area contributed by atoms with Crippen LogP contribution in [0.3, 0.4) is 0 Å². The van der Waals surface area contributed by atoms with E-state index in [0.29, 0.717) is 16.9 Å². The second-order valence-corrected chi connectivity index (χ2v) is 6.44. The molecule has 3 aromatic rings. The second kappa shape index (κ2) is 4.78. The second-order valence-electron chi connectivity index (χ2n) is 4.70. The molecule has 0 aliphatic heterocycles. The van der Waals surface area contributed by atoms with Gasteiger partial charge in [0.25, 0.3) is 0 Å². The van der Waals surface area contributed by atoms with Gasteiger partial charge in [0.2, 0.25) is 10.0 Å². The number of benzene rings is 1. The number of anilines is 1. The molecule has 0 fully saturated rings. The van der Waals surface area contributed by atoms with Gasteiger partial charge >= 0.3 is 0 Å². The van der Waals surface area contributed by atoms with E-state index in [2.05, 4.69) is 9.71 Å². The Morgan fingerprint density at radius 3 is 2.76 bits per heavy atom. The Labute approximate surface area is 121 Å². The Bertz CT molecular complexity index is 883. The quantitative estimate of drug-likeness (QED) is 0.776. The lowest BCUT2D eigenvalue weighted by atomic mass is 10.1. The number of phenols is 1. The van der Waals surface area contributed by atoms with E-state index in [1.54, 1.807) is 12.3 Å². The molecule has 7 heteroatoms. The molecular formula is C14H13N3O3S. The van der Waals surface area contributed by atoms with Crippen LogP contribution in [0.5, 0.6) is 5.75 Å². The minimum atomic E-state index is -3.45. The summed E-state index contributed by atoms with van der Waals surface area (Å²) in [6, 6.07) is 10.1. The van der Waals surface area contributed by atoms with E-state index in [0.717, 1.165) is 11.9 Å². The molecule has 0 amide bonds. The molecule has 2 heterocycles. The summed E-state index contributed by atoms with van der Waals surface area (Å²) in [5.74, 6) is -0.0198. The van der Waals surface area contributed by atoms with E-state index in [9.17, 15) is 13.5 Å². The zero-order valence-electron chi connectivity index (χ0n) is 11.2.